The zero-order chi connectivity index (χ0) is 13.0. The molecule has 1 aliphatic rings. The van der Waals surface area contributed by atoms with Crippen LogP contribution in [0.2, 0.25) is 0 Å². The average molecular weight is 268 g/mol. The number of aromatic nitrogens is 1. The molecule has 0 spiro atoms. The lowest BCUT2D eigenvalue weighted by molar-refractivity contribution is -0.0391. The van der Waals surface area contributed by atoms with Crippen molar-refractivity contribution in [3.63, 3.8) is 0 Å². The van der Waals surface area contributed by atoms with E-state index in [1.807, 2.05) is 11.3 Å². The minimum Gasteiger partial charge on any atom is -0.368 e. The fraction of sp³-hybridized carbons (Fsp3) is 0.786. The number of nitrogens with one attached hydrogen (secondary N) is 1. The summed E-state index contributed by atoms with van der Waals surface area (Å²) in [5, 5.41) is 4.58. The van der Waals surface area contributed by atoms with Crippen molar-refractivity contribution in [1.82, 2.24) is 10.3 Å². The molecule has 0 atom stereocenters. The molecule has 4 heteroatoms. The van der Waals surface area contributed by atoms with Gasteiger partial charge in [0.2, 0.25) is 0 Å². The van der Waals surface area contributed by atoms with Crippen LogP contribution < -0.4 is 5.32 Å². The van der Waals surface area contributed by atoms with Gasteiger partial charge in [-0.25, -0.2) is 4.98 Å². The molecule has 1 heterocycles. The zero-order valence-corrected chi connectivity index (χ0v) is 12.5. The first-order valence-electron chi connectivity index (χ1n) is 7.03. The number of hydrogen-bond donors (Lipinski definition) is 1. The summed E-state index contributed by atoms with van der Waals surface area (Å²) in [5.74, 6) is 0. The Hall–Kier alpha value is -0.450. The lowest BCUT2D eigenvalue weighted by Crippen LogP contribution is -2.25. The molecule has 18 heavy (non-hydrogen) atoms. The molecule has 1 N–H and O–H groups in total. The van der Waals surface area contributed by atoms with E-state index in [1.165, 1.54) is 28.4 Å². The van der Waals surface area contributed by atoms with Crippen LogP contribution in [0, 0.1) is 6.92 Å². The lowest BCUT2D eigenvalue weighted by Gasteiger charge is -2.26. The van der Waals surface area contributed by atoms with E-state index in [-0.39, 0.29) is 5.60 Å². The number of thiazole rings is 1. The van der Waals surface area contributed by atoms with Crippen LogP contribution in [0.15, 0.2) is 0 Å². The first-order chi connectivity index (χ1) is 8.72. The molecular formula is C14H24N2OS. The highest BCUT2D eigenvalue weighted by molar-refractivity contribution is 7.11. The Bertz CT molecular complexity index is 383. The van der Waals surface area contributed by atoms with Crippen LogP contribution in [0.4, 0.5) is 0 Å². The summed E-state index contributed by atoms with van der Waals surface area (Å²) in [4.78, 5) is 6.15. The quantitative estimate of drug-likeness (QED) is 0.859. The van der Waals surface area contributed by atoms with E-state index in [2.05, 4.69) is 26.1 Å². The first kappa shape index (κ1) is 14.0. The largest absolute Gasteiger partial charge is 0.368 e. The van der Waals surface area contributed by atoms with Crippen molar-refractivity contribution in [3.8, 4) is 0 Å². The maximum atomic E-state index is 6.08. The predicted molar refractivity (Wildman–Crippen MR) is 76.0 cm³/mol. The molecular weight excluding hydrogens is 244 g/mol. The van der Waals surface area contributed by atoms with Gasteiger partial charge in [0.15, 0.2) is 0 Å². The second-order valence-electron chi connectivity index (χ2n) is 4.94. The third-order valence-corrected chi connectivity index (χ3v) is 4.99. The van der Waals surface area contributed by atoms with Gasteiger partial charge in [-0.3, -0.25) is 0 Å². The Morgan fingerprint density at radius 1 is 1.33 bits per heavy atom. The minimum atomic E-state index is -0.0748. The Kier molecular flexibility index (Phi) is 4.76. The number of ether oxygens (including phenoxy) is 1. The third-order valence-electron chi connectivity index (χ3n) is 3.65. The van der Waals surface area contributed by atoms with Crippen molar-refractivity contribution in [2.24, 2.45) is 0 Å². The molecule has 1 aromatic heterocycles. The van der Waals surface area contributed by atoms with Gasteiger partial charge in [-0.2, -0.15) is 0 Å². The van der Waals surface area contributed by atoms with Crippen LogP contribution in [0.25, 0.3) is 0 Å². The highest BCUT2D eigenvalue weighted by atomic mass is 32.1. The molecule has 1 saturated carbocycles. The normalized spacial score (nSPS) is 18.4. The van der Waals surface area contributed by atoms with Gasteiger partial charge >= 0.3 is 0 Å². The monoisotopic (exact) mass is 268 g/mol. The average Bonchev–Trinajstić information content (AvgIpc) is 2.95. The molecule has 102 valence electrons. The van der Waals surface area contributed by atoms with Gasteiger partial charge in [0.05, 0.1) is 5.69 Å². The van der Waals surface area contributed by atoms with Crippen LogP contribution in [0.3, 0.4) is 0 Å². The third kappa shape index (κ3) is 2.76. The van der Waals surface area contributed by atoms with E-state index in [0.717, 1.165) is 32.5 Å². The SMILES string of the molecule is CCNCc1sc(C2(OCC)CCCC2)nc1C. The number of nitrogens with zero attached hydrogens (tertiary/aromatic N) is 1. The molecule has 1 aromatic rings. The summed E-state index contributed by atoms with van der Waals surface area (Å²) in [5.41, 5.74) is 1.09. The Balaban J connectivity index is 2.20. The molecule has 0 bridgehead atoms. The van der Waals surface area contributed by atoms with E-state index in [0.29, 0.717) is 0 Å². The maximum absolute atomic E-state index is 6.08. The minimum absolute atomic E-state index is 0.0748. The van der Waals surface area contributed by atoms with Crippen LogP contribution in [-0.4, -0.2) is 18.1 Å². The smallest absolute Gasteiger partial charge is 0.125 e. The summed E-state index contributed by atoms with van der Waals surface area (Å²) in [7, 11) is 0. The van der Waals surface area contributed by atoms with Gasteiger partial charge in [0, 0.05) is 18.0 Å². The van der Waals surface area contributed by atoms with Crippen LogP contribution in [0.5, 0.6) is 0 Å². The standard InChI is InChI=1S/C14H24N2OS/c1-4-15-10-12-11(3)16-13(18-12)14(17-5-2)8-6-7-9-14/h15H,4-10H2,1-3H3. The van der Waals surface area contributed by atoms with E-state index < -0.39 is 0 Å². The van der Waals surface area contributed by atoms with E-state index in [9.17, 15) is 0 Å². The topological polar surface area (TPSA) is 34.1 Å². The highest BCUT2D eigenvalue weighted by Crippen LogP contribution is 2.44. The van der Waals surface area contributed by atoms with Crippen molar-refractivity contribution < 1.29 is 4.74 Å². The zero-order valence-electron chi connectivity index (χ0n) is 11.7. The first-order valence-corrected chi connectivity index (χ1v) is 7.85. The Morgan fingerprint density at radius 3 is 2.67 bits per heavy atom. The van der Waals surface area contributed by atoms with Gasteiger partial charge in [0.1, 0.15) is 10.6 Å². The number of aryl methyl sites for hydroxylation is 1. The second-order valence-corrected chi connectivity index (χ2v) is 6.03. The van der Waals surface area contributed by atoms with Gasteiger partial charge < -0.3 is 10.1 Å². The fourth-order valence-electron chi connectivity index (χ4n) is 2.67. The molecule has 0 unspecified atom stereocenters. The van der Waals surface area contributed by atoms with Gasteiger partial charge in [-0.15, -0.1) is 11.3 Å². The van der Waals surface area contributed by atoms with E-state index in [1.54, 1.807) is 0 Å². The van der Waals surface area contributed by atoms with Crippen LogP contribution >= 0.6 is 11.3 Å². The van der Waals surface area contributed by atoms with E-state index in [4.69, 9.17) is 9.72 Å². The van der Waals surface area contributed by atoms with Crippen molar-refractivity contribution in [2.45, 2.75) is 58.6 Å². The highest BCUT2D eigenvalue weighted by Gasteiger charge is 2.39. The molecule has 0 aliphatic heterocycles. The Labute approximate surface area is 114 Å². The molecule has 1 aliphatic carbocycles. The van der Waals surface area contributed by atoms with Gasteiger partial charge in [-0.05, 0) is 33.2 Å². The maximum Gasteiger partial charge on any atom is 0.125 e. The number of rotatable bonds is 6. The summed E-state index contributed by atoms with van der Waals surface area (Å²) >= 11 is 1.84. The van der Waals surface area contributed by atoms with Gasteiger partial charge in [-0.1, -0.05) is 19.8 Å². The number of hydrogen-bond acceptors (Lipinski definition) is 4. The Morgan fingerprint density at radius 2 is 2.06 bits per heavy atom. The van der Waals surface area contributed by atoms with Crippen molar-refractivity contribution in [3.05, 3.63) is 15.6 Å². The molecule has 3 nitrogen and oxygen atoms in total. The van der Waals surface area contributed by atoms with Crippen LogP contribution in [-0.2, 0) is 16.9 Å². The summed E-state index contributed by atoms with van der Waals surface area (Å²) in [6.45, 7) is 9.05. The van der Waals surface area contributed by atoms with Gasteiger partial charge in [0.25, 0.3) is 0 Å². The summed E-state index contributed by atoms with van der Waals surface area (Å²) in [6.07, 6.45) is 4.80. The summed E-state index contributed by atoms with van der Waals surface area (Å²) < 4.78 is 6.08. The predicted octanol–water partition coefficient (Wildman–Crippen LogP) is 3.37. The van der Waals surface area contributed by atoms with Crippen molar-refractivity contribution >= 4 is 11.3 Å². The summed E-state index contributed by atoms with van der Waals surface area (Å²) in [6, 6.07) is 0. The molecule has 1 fully saturated rings. The second kappa shape index (κ2) is 6.13. The molecule has 0 radical (unpaired) electrons. The van der Waals surface area contributed by atoms with Crippen molar-refractivity contribution in [2.75, 3.05) is 13.2 Å². The lowest BCUT2D eigenvalue weighted by atomic mass is 10.0. The molecule has 0 amide bonds. The molecule has 0 aromatic carbocycles. The molecule has 2 rings (SSSR count). The molecule has 0 saturated heterocycles. The van der Waals surface area contributed by atoms with Crippen molar-refractivity contribution in [1.29, 1.82) is 0 Å². The van der Waals surface area contributed by atoms with E-state index >= 15 is 0 Å². The van der Waals surface area contributed by atoms with Crippen LogP contribution in [0.1, 0.15) is 55.1 Å². The fourth-order valence-corrected chi connectivity index (χ4v) is 3.90.